The Balaban J connectivity index is 1.69. The molecule has 1 aromatic carbocycles. The van der Waals surface area contributed by atoms with Crippen LogP contribution in [0.25, 0.3) is 0 Å². The maximum absolute atomic E-state index is 6.44. The van der Waals surface area contributed by atoms with Gasteiger partial charge in [-0.15, -0.1) is 0 Å². The summed E-state index contributed by atoms with van der Waals surface area (Å²) in [6, 6.07) is 7.10. The van der Waals surface area contributed by atoms with Crippen LogP contribution in [0.5, 0.6) is 0 Å². The molecule has 1 atom stereocenters. The van der Waals surface area contributed by atoms with Crippen LogP contribution in [-0.2, 0) is 11.2 Å². The number of ether oxygens (including phenoxy) is 1. The van der Waals surface area contributed by atoms with Crippen LogP contribution in [0, 0.1) is 0 Å². The van der Waals surface area contributed by atoms with Gasteiger partial charge in [0.25, 0.3) is 0 Å². The van der Waals surface area contributed by atoms with Crippen LogP contribution < -0.4 is 10.2 Å². The van der Waals surface area contributed by atoms with Crippen molar-refractivity contribution in [1.29, 1.82) is 0 Å². The molecule has 2 saturated heterocycles. The molecule has 2 aliphatic rings. The predicted octanol–water partition coefficient (Wildman–Crippen LogP) is 2.47. The zero-order chi connectivity index (χ0) is 13.1. The number of nitrogens with one attached hydrogen (secondary N) is 1. The molecule has 4 heteroatoms. The summed E-state index contributed by atoms with van der Waals surface area (Å²) in [7, 11) is 0. The second kappa shape index (κ2) is 6.12. The van der Waals surface area contributed by atoms with Crippen molar-refractivity contribution in [2.24, 2.45) is 0 Å². The first-order valence-electron chi connectivity index (χ1n) is 7.17. The van der Waals surface area contributed by atoms with E-state index in [4.69, 9.17) is 16.3 Å². The highest BCUT2D eigenvalue weighted by atomic mass is 35.5. The molecule has 1 aromatic rings. The highest BCUT2D eigenvalue weighted by Crippen LogP contribution is 2.26. The van der Waals surface area contributed by atoms with E-state index < -0.39 is 0 Å². The minimum absolute atomic E-state index is 0.603. The average Bonchev–Trinajstić information content (AvgIpc) is 2.95. The fraction of sp³-hybridized carbons (Fsp3) is 0.600. The molecule has 0 bridgehead atoms. The zero-order valence-electron chi connectivity index (χ0n) is 11.2. The highest BCUT2D eigenvalue weighted by molar-refractivity contribution is 6.31. The first kappa shape index (κ1) is 13.2. The topological polar surface area (TPSA) is 24.5 Å². The second-order valence-corrected chi connectivity index (χ2v) is 5.78. The van der Waals surface area contributed by atoms with Gasteiger partial charge in [-0.1, -0.05) is 17.7 Å². The Morgan fingerprint density at radius 2 is 2.16 bits per heavy atom. The summed E-state index contributed by atoms with van der Waals surface area (Å²) < 4.78 is 5.38. The Labute approximate surface area is 119 Å². The molecule has 2 aliphatic heterocycles. The van der Waals surface area contributed by atoms with Gasteiger partial charge in [0.1, 0.15) is 0 Å². The summed E-state index contributed by atoms with van der Waals surface area (Å²) in [5.41, 5.74) is 2.48. The smallest absolute Gasteiger partial charge is 0.0642 e. The summed E-state index contributed by atoms with van der Waals surface area (Å²) in [5.74, 6) is 0. The third kappa shape index (κ3) is 3.22. The lowest BCUT2D eigenvalue weighted by Crippen LogP contribution is -2.36. The van der Waals surface area contributed by atoms with Crippen molar-refractivity contribution in [3.8, 4) is 0 Å². The average molecular weight is 281 g/mol. The Kier molecular flexibility index (Phi) is 4.26. The lowest BCUT2D eigenvalue weighted by Gasteiger charge is -2.29. The molecular formula is C15H21ClN2O. The van der Waals surface area contributed by atoms with Crippen molar-refractivity contribution in [3.63, 3.8) is 0 Å². The van der Waals surface area contributed by atoms with Crippen molar-refractivity contribution in [3.05, 3.63) is 28.8 Å². The standard InChI is InChI=1S/C15H21ClN2O/c16-15-11-14(18-6-8-19-9-7-18)4-3-12(15)10-13-2-1-5-17-13/h3-4,11,13,17H,1-2,5-10H2. The van der Waals surface area contributed by atoms with Crippen LogP contribution >= 0.6 is 11.6 Å². The largest absolute Gasteiger partial charge is 0.378 e. The van der Waals surface area contributed by atoms with Gasteiger partial charge in [0.15, 0.2) is 0 Å². The van der Waals surface area contributed by atoms with Gasteiger partial charge in [-0.05, 0) is 43.5 Å². The number of rotatable bonds is 3. The number of anilines is 1. The van der Waals surface area contributed by atoms with Crippen molar-refractivity contribution >= 4 is 17.3 Å². The molecule has 3 nitrogen and oxygen atoms in total. The van der Waals surface area contributed by atoms with Crippen LogP contribution in [0.3, 0.4) is 0 Å². The van der Waals surface area contributed by atoms with Crippen LogP contribution in [-0.4, -0.2) is 38.9 Å². The van der Waals surface area contributed by atoms with E-state index in [0.29, 0.717) is 6.04 Å². The molecule has 2 heterocycles. The van der Waals surface area contributed by atoms with Gasteiger partial charge >= 0.3 is 0 Å². The van der Waals surface area contributed by atoms with E-state index in [2.05, 4.69) is 28.4 Å². The number of nitrogens with zero attached hydrogens (tertiary/aromatic N) is 1. The van der Waals surface area contributed by atoms with Gasteiger partial charge < -0.3 is 15.0 Å². The van der Waals surface area contributed by atoms with Crippen LogP contribution in [0.2, 0.25) is 5.02 Å². The highest BCUT2D eigenvalue weighted by Gasteiger charge is 2.17. The van der Waals surface area contributed by atoms with Crippen molar-refractivity contribution in [2.45, 2.75) is 25.3 Å². The van der Waals surface area contributed by atoms with Crippen molar-refractivity contribution in [2.75, 3.05) is 37.7 Å². The van der Waals surface area contributed by atoms with E-state index in [-0.39, 0.29) is 0 Å². The maximum Gasteiger partial charge on any atom is 0.0642 e. The lowest BCUT2D eigenvalue weighted by atomic mass is 10.0. The molecule has 0 radical (unpaired) electrons. The predicted molar refractivity (Wildman–Crippen MR) is 79.2 cm³/mol. The Hall–Kier alpha value is -0.770. The summed E-state index contributed by atoms with van der Waals surface area (Å²) in [5, 5.41) is 4.43. The minimum atomic E-state index is 0.603. The fourth-order valence-corrected chi connectivity index (χ4v) is 3.17. The summed E-state index contributed by atoms with van der Waals surface area (Å²) in [4.78, 5) is 2.34. The molecule has 0 saturated carbocycles. The molecular weight excluding hydrogens is 260 g/mol. The third-order valence-corrected chi connectivity index (χ3v) is 4.39. The van der Waals surface area contributed by atoms with E-state index >= 15 is 0 Å². The normalized spacial score (nSPS) is 23.8. The van der Waals surface area contributed by atoms with E-state index in [1.54, 1.807) is 0 Å². The lowest BCUT2D eigenvalue weighted by molar-refractivity contribution is 0.122. The molecule has 0 aromatic heterocycles. The summed E-state index contributed by atoms with van der Waals surface area (Å²) in [6.07, 6.45) is 3.60. The van der Waals surface area contributed by atoms with E-state index in [1.165, 1.54) is 24.1 Å². The van der Waals surface area contributed by atoms with Crippen molar-refractivity contribution < 1.29 is 4.74 Å². The summed E-state index contributed by atoms with van der Waals surface area (Å²) >= 11 is 6.44. The van der Waals surface area contributed by atoms with Crippen LogP contribution in [0.4, 0.5) is 5.69 Å². The molecule has 2 fully saturated rings. The van der Waals surface area contributed by atoms with Gasteiger partial charge in [0.2, 0.25) is 0 Å². The molecule has 1 N–H and O–H groups in total. The Morgan fingerprint density at radius 3 is 2.84 bits per heavy atom. The monoisotopic (exact) mass is 280 g/mol. The SMILES string of the molecule is Clc1cc(N2CCOCC2)ccc1CC1CCCN1. The molecule has 0 amide bonds. The zero-order valence-corrected chi connectivity index (χ0v) is 12.0. The van der Waals surface area contributed by atoms with Crippen LogP contribution in [0.1, 0.15) is 18.4 Å². The number of morpholine rings is 1. The maximum atomic E-state index is 6.44. The molecule has 104 valence electrons. The van der Waals surface area contributed by atoms with Gasteiger partial charge in [-0.25, -0.2) is 0 Å². The minimum Gasteiger partial charge on any atom is -0.378 e. The van der Waals surface area contributed by atoms with Gasteiger partial charge in [-0.3, -0.25) is 0 Å². The number of hydrogen-bond acceptors (Lipinski definition) is 3. The quantitative estimate of drug-likeness (QED) is 0.921. The van der Waals surface area contributed by atoms with Gasteiger partial charge in [0, 0.05) is 29.8 Å². The van der Waals surface area contributed by atoms with Crippen molar-refractivity contribution in [1.82, 2.24) is 5.32 Å². The molecule has 1 unspecified atom stereocenters. The van der Waals surface area contributed by atoms with Crippen LogP contribution in [0.15, 0.2) is 18.2 Å². The van der Waals surface area contributed by atoms with E-state index in [0.717, 1.165) is 44.3 Å². The van der Waals surface area contributed by atoms with E-state index in [1.807, 2.05) is 0 Å². The first-order valence-corrected chi connectivity index (χ1v) is 7.55. The van der Waals surface area contributed by atoms with E-state index in [9.17, 15) is 0 Å². The molecule has 19 heavy (non-hydrogen) atoms. The third-order valence-electron chi connectivity index (χ3n) is 4.04. The van der Waals surface area contributed by atoms with Gasteiger partial charge in [0.05, 0.1) is 13.2 Å². The number of hydrogen-bond donors (Lipinski definition) is 1. The molecule has 3 rings (SSSR count). The first-order chi connectivity index (χ1) is 9.33. The Morgan fingerprint density at radius 1 is 1.32 bits per heavy atom. The molecule has 0 spiro atoms. The Bertz CT molecular complexity index is 426. The number of benzene rings is 1. The number of halogens is 1. The fourth-order valence-electron chi connectivity index (χ4n) is 2.92. The van der Waals surface area contributed by atoms with Gasteiger partial charge in [-0.2, -0.15) is 0 Å². The summed E-state index contributed by atoms with van der Waals surface area (Å²) in [6.45, 7) is 4.69. The second-order valence-electron chi connectivity index (χ2n) is 5.37. The molecule has 0 aliphatic carbocycles.